The minimum absolute atomic E-state index is 0.0208. The van der Waals surface area contributed by atoms with Crippen LogP contribution in [0.5, 0.6) is 0 Å². The molecule has 3 aromatic rings. The van der Waals surface area contributed by atoms with Crippen LogP contribution in [0.15, 0.2) is 42.5 Å². The first kappa shape index (κ1) is 19.8. The Morgan fingerprint density at radius 1 is 1.14 bits per heavy atom. The third-order valence-corrected chi connectivity index (χ3v) is 4.51. The highest BCUT2D eigenvalue weighted by molar-refractivity contribution is 5.97. The van der Waals surface area contributed by atoms with E-state index in [0.717, 1.165) is 30.0 Å². The van der Waals surface area contributed by atoms with Gasteiger partial charge in [0.15, 0.2) is 5.78 Å². The van der Waals surface area contributed by atoms with Crippen molar-refractivity contribution in [3.05, 3.63) is 64.7 Å². The molecule has 0 saturated heterocycles. The third kappa shape index (κ3) is 4.47. The van der Waals surface area contributed by atoms with Crippen LogP contribution in [0.2, 0.25) is 0 Å². The van der Waals surface area contributed by atoms with Crippen molar-refractivity contribution in [2.75, 3.05) is 0 Å². The van der Waals surface area contributed by atoms with Crippen LogP contribution in [-0.2, 0) is 19.4 Å². The summed E-state index contributed by atoms with van der Waals surface area (Å²) in [6.07, 6.45) is 1.75. The summed E-state index contributed by atoms with van der Waals surface area (Å²) in [5, 5.41) is 12.2. The van der Waals surface area contributed by atoms with Gasteiger partial charge in [0.25, 0.3) is 5.92 Å². The smallest absolute Gasteiger partial charge is 0.270 e. The summed E-state index contributed by atoms with van der Waals surface area (Å²) in [7, 11) is 1.67. The molecule has 0 spiro atoms. The van der Waals surface area contributed by atoms with Gasteiger partial charge in [-0.3, -0.25) is 4.79 Å². The van der Waals surface area contributed by atoms with E-state index in [4.69, 9.17) is 0 Å². The Morgan fingerprint density at radius 3 is 2.43 bits per heavy atom. The first-order valence-electron chi connectivity index (χ1n) is 9.15. The number of ketones is 1. The van der Waals surface area contributed by atoms with Crippen molar-refractivity contribution in [2.45, 2.75) is 39.0 Å². The Hall–Kier alpha value is -2.96. The first-order valence-corrected chi connectivity index (χ1v) is 9.15. The Bertz CT molecular complexity index is 975. The molecule has 0 amide bonds. The van der Waals surface area contributed by atoms with E-state index in [2.05, 4.69) is 15.4 Å². The molecule has 0 bridgehead atoms. The number of Topliss-reactive ketones (excluding diaryl/α,β-unsaturated/α-hetero) is 1. The van der Waals surface area contributed by atoms with Crippen LogP contribution in [0.1, 0.15) is 53.7 Å². The molecular formula is C21H22F2N4O. The van der Waals surface area contributed by atoms with Crippen LogP contribution < -0.4 is 0 Å². The summed E-state index contributed by atoms with van der Waals surface area (Å²) in [5.74, 6) is -2.37. The first-order chi connectivity index (χ1) is 13.3. The quantitative estimate of drug-likeness (QED) is 0.560. The van der Waals surface area contributed by atoms with E-state index >= 15 is 0 Å². The zero-order valence-electron chi connectivity index (χ0n) is 16.1. The van der Waals surface area contributed by atoms with E-state index in [9.17, 15) is 13.6 Å². The number of aromatic nitrogens is 4. The monoisotopic (exact) mass is 384 g/mol. The van der Waals surface area contributed by atoms with E-state index < -0.39 is 5.92 Å². The van der Waals surface area contributed by atoms with Gasteiger partial charge in [0.2, 0.25) is 5.82 Å². The topological polar surface area (TPSA) is 60.7 Å². The number of carbonyl (C=O) groups excluding carboxylic acids is 1. The lowest BCUT2D eigenvalue weighted by atomic mass is 9.94. The van der Waals surface area contributed by atoms with Gasteiger partial charge in [-0.2, -0.15) is 4.80 Å². The highest BCUT2D eigenvalue weighted by Gasteiger charge is 2.23. The van der Waals surface area contributed by atoms with E-state index in [1.165, 1.54) is 16.9 Å². The molecule has 28 heavy (non-hydrogen) atoms. The summed E-state index contributed by atoms with van der Waals surface area (Å²) >= 11 is 0. The normalized spacial score (nSPS) is 11.6. The predicted molar refractivity (Wildman–Crippen MR) is 102 cm³/mol. The van der Waals surface area contributed by atoms with Gasteiger partial charge in [-0.05, 0) is 35.2 Å². The fourth-order valence-electron chi connectivity index (χ4n) is 3.01. The van der Waals surface area contributed by atoms with Gasteiger partial charge < -0.3 is 0 Å². The molecule has 7 heteroatoms. The molecule has 0 atom stereocenters. The zero-order valence-corrected chi connectivity index (χ0v) is 16.1. The number of aryl methyl sites for hydroxylation is 1. The molecule has 0 fully saturated rings. The maximum absolute atomic E-state index is 13.4. The lowest BCUT2D eigenvalue weighted by Crippen LogP contribution is -2.06. The summed E-state index contributed by atoms with van der Waals surface area (Å²) in [5.41, 5.74) is 3.09. The van der Waals surface area contributed by atoms with Crippen LogP contribution >= 0.6 is 0 Å². The largest absolute Gasteiger partial charge is 0.294 e. The highest BCUT2D eigenvalue weighted by Crippen LogP contribution is 2.29. The van der Waals surface area contributed by atoms with Crippen molar-refractivity contribution in [3.63, 3.8) is 0 Å². The lowest BCUT2D eigenvalue weighted by molar-refractivity contribution is 0.0174. The maximum atomic E-state index is 13.4. The van der Waals surface area contributed by atoms with E-state index in [1.54, 1.807) is 31.3 Å². The summed E-state index contributed by atoms with van der Waals surface area (Å²) in [6, 6.07) is 11.7. The summed E-state index contributed by atoms with van der Waals surface area (Å²) < 4.78 is 26.9. The van der Waals surface area contributed by atoms with Gasteiger partial charge >= 0.3 is 0 Å². The van der Waals surface area contributed by atoms with Gasteiger partial charge in [0, 0.05) is 30.0 Å². The molecule has 0 saturated carbocycles. The number of nitrogens with zero attached hydrogens (tertiary/aromatic N) is 4. The standard InChI is InChI=1S/C21H22F2N4O/c1-4-5-19(28)16-9-8-15(18(13-16)20-24-26-27(3)25-20)12-14-6-10-17(11-7-14)21(2,22)23/h6-11,13H,4-5,12H2,1-3H3. The van der Waals surface area contributed by atoms with Crippen LogP contribution in [-0.4, -0.2) is 26.0 Å². The van der Waals surface area contributed by atoms with Gasteiger partial charge in [0.1, 0.15) is 0 Å². The molecule has 0 radical (unpaired) electrons. The van der Waals surface area contributed by atoms with Gasteiger partial charge in [-0.25, -0.2) is 8.78 Å². The zero-order chi connectivity index (χ0) is 20.3. The molecule has 0 unspecified atom stereocenters. The molecule has 0 N–H and O–H groups in total. The highest BCUT2D eigenvalue weighted by atomic mass is 19.3. The number of hydrogen-bond acceptors (Lipinski definition) is 4. The maximum Gasteiger partial charge on any atom is 0.270 e. The van der Waals surface area contributed by atoms with E-state index in [-0.39, 0.29) is 11.3 Å². The van der Waals surface area contributed by atoms with Gasteiger partial charge in [-0.1, -0.05) is 43.3 Å². The van der Waals surface area contributed by atoms with E-state index in [1.807, 2.05) is 13.0 Å². The molecule has 0 aliphatic heterocycles. The second-order valence-corrected chi connectivity index (χ2v) is 6.91. The number of rotatable bonds is 7. The van der Waals surface area contributed by atoms with Crippen molar-refractivity contribution in [1.29, 1.82) is 0 Å². The average Bonchev–Trinajstić information content (AvgIpc) is 3.08. The molecule has 5 nitrogen and oxygen atoms in total. The molecule has 1 heterocycles. The fourth-order valence-corrected chi connectivity index (χ4v) is 3.01. The summed E-state index contributed by atoms with van der Waals surface area (Å²) in [6.45, 7) is 2.84. The minimum Gasteiger partial charge on any atom is -0.294 e. The molecule has 146 valence electrons. The van der Waals surface area contributed by atoms with Crippen LogP contribution in [0, 0.1) is 0 Å². The SMILES string of the molecule is CCCC(=O)c1ccc(Cc2ccc(C(C)(F)F)cc2)c(-c2nnn(C)n2)c1. The Morgan fingerprint density at radius 2 is 1.86 bits per heavy atom. The minimum atomic E-state index is -2.87. The number of carbonyl (C=O) groups is 1. The second-order valence-electron chi connectivity index (χ2n) is 6.91. The number of alkyl halides is 2. The van der Waals surface area contributed by atoms with Crippen LogP contribution in [0.3, 0.4) is 0 Å². The second kappa shape index (κ2) is 7.96. The molecular weight excluding hydrogens is 362 g/mol. The Balaban J connectivity index is 1.96. The van der Waals surface area contributed by atoms with Gasteiger partial charge in [-0.15, -0.1) is 10.2 Å². The molecule has 1 aromatic heterocycles. The number of tetrazole rings is 1. The van der Waals surface area contributed by atoms with Crippen LogP contribution in [0.25, 0.3) is 11.4 Å². The van der Waals surface area contributed by atoms with Crippen molar-refractivity contribution < 1.29 is 13.6 Å². The molecule has 0 aliphatic rings. The molecule has 2 aromatic carbocycles. The molecule has 0 aliphatic carbocycles. The summed E-state index contributed by atoms with van der Waals surface area (Å²) in [4.78, 5) is 13.7. The molecule has 3 rings (SSSR count). The van der Waals surface area contributed by atoms with E-state index in [0.29, 0.717) is 24.2 Å². The van der Waals surface area contributed by atoms with Crippen molar-refractivity contribution in [1.82, 2.24) is 20.2 Å². The Labute approximate surface area is 162 Å². The average molecular weight is 384 g/mol. The predicted octanol–water partition coefficient (Wildman–Crippen LogP) is 4.56. The van der Waals surface area contributed by atoms with Crippen molar-refractivity contribution in [2.24, 2.45) is 7.05 Å². The third-order valence-electron chi connectivity index (χ3n) is 4.51. The van der Waals surface area contributed by atoms with Crippen molar-refractivity contribution >= 4 is 5.78 Å². The van der Waals surface area contributed by atoms with Crippen molar-refractivity contribution in [3.8, 4) is 11.4 Å². The van der Waals surface area contributed by atoms with Crippen LogP contribution in [0.4, 0.5) is 8.78 Å². The lowest BCUT2D eigenvalue weighted by Gasteiger charge is -2.12. The number of halogens is 2. The fraction of sp³-hybridized carbons (Fsp3) is 0.333. The number of benzene rings is 2. The number of hydrogen-bond donors (Lipinski definition) is 0. The Kier molecular flexibility index (Phi) is 5.63. The van der Waals surface area contributed by atoms with Gasteiger partial charge in [0.05, 0.1) is 7.05 Å².